The summed E-state index contributed by atoms with van der Waals surface area (Å²) in [5.41, 5.74) is 20.1. The second-order valence-electron chi connectivity index (χ2n) is 27.0. The smallest absolute Gasteiger partial charge is 0.354 e. The zero-order valence-corrected chi connectivity index (χ0v) is 67.6. The van der Waals surface area contributed by atoms with Crippen LogP contribution < -0.4 is 0 Å². The Morgan fingerprint density at radius 2 is 0.534 bits per heavy atom. The van der Waals surface area contributed by atoms with E-state index < -0.39 is 5.97 Å². The third-order valence-corrected chi connectivity index (χ3v) is 20.0. The fourth-order valence-corrected chi connectivity index (χ4v) is 15.0. The van der Waals surface area contributed by atoms with Crippen LogP contribution >= 0.6 is 0 Å². The van der Waals surface area contributed by atoms with E-state index in [0.29, 0.717) is 17.8 Å². The Balaban J connectivity index is 0.000000125. The van der Waals surface area contributed by atoms with Gasteiger partial charge in [0, 0.05) is 91.1 Å². The van der Waals surface area contributed by atoms with Gasteiger partial charge < -0.3 is 28.8 Å². The standard InChI is InChI=1S/C42H27N3.C27H21N9.2C11H8N.C6H5NO2.2Ir/c1-7-19-37-31(13-1)32-14-2-8-20-38(32)43(37)28-25-29(44-39-21-9-3-15-33(39)34-16-4-10-22-40(34)44)27-30(26-28)45-41-23-11-5-17-35(41)36-18-6-12-24-42(36)45;1-16-28-19-10-4-7-13-22(19)34(16)25-31-26(35-17(2)29-20-11-5-8-14-23(20)35)33-27(32-25)36-18(3)30-21-12-6-9-15-24(21)36;2*1-2-6-10(7-3-1)11-8-4-5-9-12-11;8-6(9)5-3-1-2-4-7-5;;/h1-27H;4-15H,1-3H3;2*1-6,8-9H;1-4H,(H,8,9);;/q;;2*-1;;;. The first-order valence-corrected chi connectivity index (χ1v) is 37.3. The van der Waals surface area contributed by atoms with Gasteiger partial charge in [0.25, 0.3) is 0 Å². The molecule has 0 amide bonds. The van der Waals surface area contributed by atoms with Crippen LogP contribution in [0.2, 0.25) is 0 Å². The summed E-state index contributed by atoms with van der Waals surface area (Å²) in [7, 11) is 0. The number of carboxylic acid groups (broad SMARTS) is 1. The van der Waals surface area contributed by atoms with Gasteiger partial charge in [0.15, 0.2) is 0 Å². The van der Waals surface area contributed by atoms with E-state index in [0.717, 1.165) is 90.2 Å². The fourth-order valence-electron chi connectivity index (χ4n) is 15.0. The predicted octanol–water partition coefficient (Wildman–Crippen LogP) is 21.7. The van der Waals surface area contributed by atoms with Crippen LogP contribution in [0.25, 0.3) is 156 Å². The Morgan fingerprint density at radius 1 is 0.276 bits per heavy atom. The molecule has 10 aromatic heterocycles. The van der Waals surface area contributed by atoms with Crippen LogP contribution in [0.15, 0.2) is 358 Å². The number of aromatic carboxylic acids is 1. The number of carbonyl (C=O) groups is 1. The summed E-state index contributed by atoms with van der Waals surface area (Å²) in [5, 5.41) is 15.9. The summed E-state index contributed by atoms with van der Waals surface area (Å²) < 4.78 is 13.2. The summed E-state index contributed by atoms with van der Waals surface area (Å²) in [6.45, 7) is 5.87. The van der Waals surface area contributed by atoms with Gasteiger partial charge in [-0.15, -0.1) is 71.8 Å². The van der Waals surface area contributed by atoms with Crippen LogP contribution in [-0.4, -0.2) is 83.3 Å². The molecule has 116 heavy (non-hydrogen) atoms. The van der Waals surface area contributed by atoms with Gasteiger partial charge >= 0.3 is 5.97 Å². The molecule has 0 aliphatic rings. The van der Waals surface area contributed by atoms with E-state index in [-0.39, 0.29) is 45.9 Å². The molecule has 1 N–H and O–H groups in total. The number of carboxylic acids is 1. The van der Waals surface area contributed by atoms with Crippen LogP contribution in [0.4, 0.5) is 0 Å². The number of fused-ring (bicyclic) bond motifs is 12. The summed E-state index contributed by atoms with van der Waals surface area (Å²) in [6, 6.07) is 122. The molecular formula is C97H69Ir2N15O2-2. The largest absolute Gasteiger partial charge is 0.477 e. The third-order valence-electron chi connectivity index (χ3n) is 20.0. The Morgan fingerprint density at radius 3 is 0.784 bits per heavy atom. The summed E-state index contributed by atoms with van der Waals surface area (Å²) in [5.74, 6) is 2.83. The molecule has 0 saturated heterocycles. The molecule has 0 fully saturated rings. The molecule has 2 radical (unpaired) electrons. The van der Waals surface area contributed by atoms with E-state index in [1.54, 1.807) is 24.5 Å². The van der Waals surface area contributed by atoms with Crippen LogP contribution in [0.3, 0.4) is 0 Å². The van der Waals surface area contributed by atoms with Gasteiger partial charge in [0.05, 0.1) is 83.3 Å². The number of rotatable bonds is 9. The summed E-state index contributed by atoms with van der Waals surface area (Å²) in [4.78, 5) is 51.2. The number of aryl methyl sites for hydroxylation is 3. The van der Waals surface area contributed by atoms with E-state index in [1.165, 1.54) is 77.7 Å². The number of nitrogens with zero attached hydrogens (tertiary/aromatic N) is 15. The van der Waals surface area contributed by atoms with Crippen molar-refractivity contribution >= 4 is 104 Å². The zero-order chi connectivity index (χ0) is 77.0. The van der Waals surface area contributed by atoms with Crippen molar-refractivity contribution < 1.29 is 50.1 Å². The normalized spacial score (nSPS) is 11.0. The Kier molecular flexibility index (Phi) is 21.9. The average Bonchev–Trinajstić information content (AvgIpc) is 1.57. The molecule has 22 rings (SSSR count). The monoisotopic (exact) mass is 1860 g/mol. The number of pyridine rings is 3. The van der Waals surface area contributed by atoms with Crippen molar-refractivity contribution in [2.75, 3.05) is 0 Å². The molecule has 19 heteroatoms. The van der Waals surface area contributed by atoms with Crippen molar-refractivity contribution in [1.82, 2.24) is 72.3 Å². The second kappa shape index (κ2) is 33.5. The number of benzene rings is 12. The molecule has 0 bridgehead atoms. The molecule has 0 aliphatic heterocycles. The van der Waals surface area contributed by atoms with Crippen molar-refractivity contribution in [2.24, 2.45) is 0 Å². The van der Waals surface area contributed by atoms with Crippen molar-refractivity contribution in [3.63, 3.8) is 0 Å². The number of hydrogen-bond donors (Lipinski definition) is 1. The minimum absolute atomic E-state index is 0. The fraction of sp³-hybridized carbons (Fsp3) is 0.0309. The van der Waals surface area contributed by atoms with E-state index in [4.69, 9.17) is 35.0 Å². The molecule has 0 saturated carbocycles. The van der Waals surface area contributed by atoms with E-state index in [2.05, 4.69) is 205 Å². The van der Waals surface area contributed by atoms with E-state index in [1.807, 2.05) is 192 Å². The van der Waals surface area contributed by atoms with Gasteiger partial charge in [-0.05, 0) is 147 Å². The predicted molar refractivity (Wildman–Crippen MR) is 456 cm³/mol. The van der Waals surface area contributed by atoms with Crippen LogP contribution in [-0.2, 0) is 40.2 Å². The number of para-hydroxylation sites is 12. The Hall–Kier alpha value is -14.3. The minimum Gasteiger partial charge on any atom is -0.477 e. The number of imidazole rings is 3. The average molecular weight is 1860 g/mol. The van der Waals surface area contributed by atoms with Crippen molar-refractivity contribution in [1.29, 1.82) is 0 Å². The van der Waals surface area contributed by atoms with E-state index in [9.17, 15) is 4.79 Å². The quantitative estimate of drug-likeness (QED) is 0.136. The summed E-state index contributed by atoms with van der Waals surface area (Å²) >= 11 is 0. The van der Waals surface area contributed by atoms with Crippen LogP contribution in [0.1, 0.15) is 28.0 Å². The Labute approximate surface area is 693 Å². The molecule has 564 valence electrons. The topological polar surface area (TPSA) is 183 Å². The van der Waals surface area contributed by atoms with Gasteiger partial charge in [-0.25, -0.2) is 24.7 Å². The molecule has 12 aromatic carbocycles. The molecule has 0 aliphatic carbocycles. The maximum Gasteiger partial charge on any atom is 0.354 e. The molecule has 0 spiro atoms. The van der Waals surface area contributed by atoms with Gasteiger partial charge in [-0.3, -0.25) is 13.7 Å². The molecule has 0 unspecified atom stereocenters. The van der Waals surface area contributed by atoms with Crippen molar-refractivity contribution in [3.05, 3.63) is 394 Å². The molecular weight excluding hydrogens is 1790 g/mol. The first-order valence-electron chi connectivity index (χ1n) is 37.3. The second-order valence-corrected chi connectivity index (χ2v) is 27.0. The zero-order valence-electron chi connectivity index (χ0n) is 62.8. The Bertz CT molecular complexity index is 6410. The number of aromatic nitrogens is 15. The molecule has 0 atom stereocenters. The molecule has 17 nitrogen and oxygen atoms in total. The van der Waals surface area contributed by atoms with Gasteiger partial charge in [0.2, 0.25) is 17.8 Å². The third kappa shape index (κ3) is 14.7. The molecule has 10 heterocycles. The maximum atomic E-state index is 10.1. The SMILES string of the molecule is Cc1nc2ccccc2n1-c1nc(-n2c(C)nc3ccccc32)nc(-n2c(C)nc3ccccc32)n1.O=C(O)c1ccccn1.[Ir].[Ir].[c-]1ccccc1-c1ccccn1.[c-]1ccccc1-c1ccccn1.c1ccc2c(c1)c1ccccc1n2-c1cc(-n2c3ccccc3c3ccccc32)cc(-n2c3ccccc3c3ccccc32)c1. The maximum absolute atomic E-state index is 10.1. The van der Waals surface area contributed by atoms with Gasteiger partial charge in [0.1, 0.15) is 23.2 Å². The summed E-state index contributed by atoms with van der Waals surface area (Å²) in [6.07, 6.45) is 5.02. The van der Waals surface area contributed by atoms with E-state index >= 15 is 0 Å². The first-order chi connectivity index (χ1) is 56.2. The molecule has 22 aromatic rings. The minimum atomic E-state index is -0.990. The van der Waals surface area contributed by atoms with Crippen LogP contribution in [0.5, 0.6) is 0 Å². The van der Waals surface area contributed by atoms with Crippen molar-refractivity contribution in [2.45, 2.75) is 20.8 Å². The van der Waals surface area contributed by atoms with Gasteiger partial charge in [-0.2, -0.15) is 15.0 Å². The number of hydrogen-bond acceptors (Lipinski definition) is 10. The van der Waals surface area contributed by atoms with Crippen molar-refractivity contribution in [3.8, 4) is 57.4 Å². The first kappa shape index (κ1) is 75.7. The van der Waals surface area contributed by atoms with Gasteiger partial charge in [-0.1, -0.05) is 176 Å². The van der Waals surface area contributed by atoms with Crippen LogP contribution in [0, 0.1) is 32.9 Å².